The molecule has 1 aliphatic rings. The van der Waals surface area contributed by atoms with Crippen LogP contribution in [0.4, 0.5) is 5.69 Å². The number of amides is 2. The van der Waals surface area contributed by atoms with Gasteiger partial charge < -0.3 is 15.7 Å². The van der Waals surface area contributed by atoms with E-state index in [2.05, 4.69) is 10.6 Å². The molecular weight excluding hydrogens is 492 g/mol. The van der Waals surface area contributed by atoms with E-state index in [4.69, 9.17) is 16.7 Å². The van der Waals surface area contributed by atoms with Gasteiger partial charge in [0.2, 0.25) is 5.91 Å². The fraction of sp³-hybridized carbons (Fsp3) is 0.250. The van der Waals surface area contributed by atoms with Crippen LogP contribution in [0, 0.1) is 0 Å². The average molecular weight is 515 g/mol. The summed E-state index contributed by atoms with van der Waals surface area (Å²) in [6.45, 7) is 0.534. The highest BCUT2D eigenvalue weighted by Crippen LogP contribution is 2.24. The molecule has 2 amide bonds. The largest absolute Gasteiger partial charge is 0.481 e. The van der Waals surface area contributed by atoms with Gasteiger partial charge in [0, 0.05) is 42.8 Å². The number of carboxylic acid groups (broad SMARTS) is 1. The Morgan fingerprint density at radius 3 is 2.51 bits per heavy atom. The predicted octanol–water partition coefficient (Wildman–Crippen LogP) is 2.84. The number of carbonyl (C=O) groups is 3. The molecule has 4 rings (SSSR count). The third kappa shape index (κ3) is 6.16. The Morgan fingerprint density at radius 2 is 1.86 bits per heavy atom. The first-order valence-electron chi connectivity index (χ1n) is 10.9. The van der Waals surface area contributed by atoms with Gasteiger partial charge in [-0.3, -0.25) is 28.6 Å². The first-order chi connectivity index (χ1) is 16.8. The molecule has 1 aliphatic heterocycles. The number of anilines is 1. The van der Waals surface area contributed by atoms with Crippen LogP contribution in [0.15, 0.2) is 65.6 Å². The van der Waals surface area contributed by atoms with Crippen molar-refractivity contribution in [3.8, 4) is 5.69 Å². The number of carboxylic acids is 1. The number of pyridine rings is 1. The Balaban J connectivity index is 1.43. The zero-order chi connectivity index (χ0) is 24.9. The Bertz CT molecular complexity index is 1290. The molecular formula is C24H23ClN4O5S. The number of aliphatic carboxylic acids is 1. The zero-order valence-corrected chi connectivity index (χ0v) is 20.1. The maximum atomic E-state index is 13.1. The van der Waals surface area contributed by atoms with Crippen molar-refractivity contribution in [2.24, 2.45) is 0 Å². The summed E-state index contributed by atoms with van der Waals surface area (Å²) in [6, 6.07) is 14.1. The molecule has 0 spiro atoms. The first-order valence-corrected chi connectivity index (χ1v) is 12.1. The zero-order valence-electron chi connectivity index (χ0n) is 18.5. The molecule has 1 fully saturated rings. The van der Waals surface area contributed by atoms with Crippen molar-refractivity contribution in [1.29, 1.82) is 0 Å². The lowest BCUT2D eigenvalue weighted by atomic mass is 10.1. The first kappa shape index (κ1) is 24.6. The van der Waals surface area contributed by atoms with Gasteiger partial charge in [-0.1, -0.05) is 17.7 Å². The van der Waals surface area contributed by atoms with Crippen LogP contribution in [0.3, 0.4) is 0 Å². The number of benzene rings is 1. The second-order valence-electron chi connectivity index (χ2n) is 8.11. The van der Waals surface area contributed by atoms with Gasteiger partial charge in [0.1, 0.15) is 0 Å². The lowest BCUT2D eigenvalue weighted by molar-refractivity contribution is -0.137. The van der Waals surface area contributed by atoms with E-state index < -0.39 is 12.0 Å². The number of aromatic nitrogens is 1. The van der Waals surface area contributed by atoms with Gasteiger partial charge in [0.15, 0.2) is 0 Å². The fourth-order valence-corrected chi connectivity index (χ4v) is 4.98. The number of rotatable bonds is 8. The molecule has 2 atom stereocenters. The normalized spacial score (nSPS) is 17.7. The van der Waals surface area contributed by atoms with E-state index in [1.807, 2.05) is 0 Å². The third-order valence-electron chi connectivity index (χ3n) is 5.69. The van der Waals surface area contributed by atoms with Crippen LogP contribution in [0.25, 0.3) is 5.69 Å². The number of nitrogens with zero attached hydrogens (tertiary/aromatic N) is 2. The van der Waals surface area contributed by atoms with Crippen molar-refractivity contribution in [3.63, 3.8) is 0 Å². The van der Waals surface area contributed by atoms with Crippen LogP contribution in [-0.2, 0) is 9.59 Å². The van der Waals surface area contributed by atoms with Gasteiger partial charge in [-0.2, -0.15) is 0 Å². The van der Waals surface area contributed by atoms with Gasteiger partial charge in [-0.15, -0.1) is 11.3 Å². The monoisotopic (exact) mass is 514 g/mol. The van der Waals surface area contributed by atoms with Crippen LogP contribution in [0.2, 0.25) is 4.34 Å². The Hall–Kier alpha value is -3.47. The molecule has 3 aromatic rings. The van der Waals surface area contributed by atoms with Crippen LogP contribution < -0.4 is 16.2 Å². The lowest BCUT2D eigenvalue weighted by Crippen LogP contribution is -2.40. The molecule has 0 radical (unpaired) electrons. The third-order valence-corrected chi connectivity index (χ3v) is 6.92. The minimum Gasteiger partial charge on any atom is -0.481 e. The van der Waals surface area contributed by atoms with E-state index in [0.717, 1.165) is 11.3 Å². The topological polar surface area (TPSA) is 121 Å². The summed E-state index contributed by atoms with van der Waals surface area (Å²) < 4.78 is 2.00. The molecule has 0 bridgehead atoms. The molecule has 3 heterocycles. The van der Waals surface area contributed by atoms with E-state index in [9.17, 15) is 19.2 Å². The van der Waals surface area contributed by atoms with E-state index in [1.54, 1.807) is 59.6 Å². The van der Waals surface area contributed by atoms with Gasteiger partial charge in [0.05, 0.1) is 21.7 Å². The summed E-state index contributed by atoms with van der Waals surface area (Å²) in [5.74, 6) is -1.54. The van der Waals surface area contributed by atoms with E-state index in [-0.39, 0.29) is 36.4 Å². The number of hydrogen-bond donors (Lipinski definition) is 3. The number of likely N-dealkylation sites (tertiary alicyclic amines) is 1. The molecule has 9 nitrogen and oxygen atoms in total. The second kappa shape index (κ2) is 10.9. The van der Waals surface area contributed by atoms with Gasteiger partial charge in [0.25, 0.3) is 11.5 Å². The molecule has 0 aliphatic carbocycles. The van der Waals surface area contributed by atoms with Crippen LogP contribution in [0.5, 0.6) is 0 Å². The van der Waals surface area contributed by atoms with Crippen LogP contribution >= 0.6 is 22.9 Å². The Labute approximate surface area is 209 Å². The Kier molecular flexibility index (Phi) is 7.64. The highest BCUT2D eigenvalue weighted by molar-refractivity contribution is 7.18. The van der Waals surface area contributed by atoms with Gasteiger partial charge in [-0.05, 0) is 48.9 Å². The molecule has 2 aromatic heterocycles. The number of hydrogen-bond acceptors (Lipinski definition) is 6. The maximum absolute atomic E-state index is 13.1. The summed E-state index contributed by atoms with van der Waals surface area (Å²) >= 11 is 7.08. The molecule has 35 heavy (non-hydrogen) atoms. The second-order valence-corrected chi connectivity index (χ2v) is 9.82. The van der Waals surface area contributed by atoms with Crippen molar-refractivity contribution >= 4 is 46.4 Å². The number of halogens is 1. The smallest absolute Gasteiger partial charge is 0.304 e. The summed E-state index contributed by atoms with van der Waals surface area (Å²) in [7, 11) is 0. The molecule has 182 valence electrons. The fourth-order valence-electron chi connectivity index (χ4n) is 4.03. The standard InChI is InChI=1S/C24H23ClN4O5S/c25-20-9-8-19(35-20)24(34)27-16-13-18(28(14-16)12-10-22(31)32)23(33)26-15-4-6-17(7-5-15)29-11-2-1-3-21(29)30/h1-9,11,16,18H,10,12-14H2,(H,26,33)(H,27,34)(H,31,32)/t16-,18?/m0/s1. The summed E-state index contributed by atoms with van der Waals surface area (Å²) in [5, 5.41) is 14.9. The maximum Gasteiger partial charge on any atom is 0.304 e. The van der Waals surface area contributed by atoms with Crippen molar-refractivity contribution in [2.45, 2.75) is 24.9 Å². The van der Waals surface area contributed by atoms with Crippen LogP contribution in [0.1, 0.15) is 22.5 Å². The average Bonchev–Trinajstić information content (AvgIpc) is 3.45. The van der Waals surface area contributed by atoms with E-state index in [0.29, 0.717) is 33.6 Å². The van der Waals surface area contributed by atoms with Crippen molar-refractivity contribution < 1.29 is 19.5 Å². The predicted molar refractivity (Wildman–Crippen MR) is 133 cm³/mol. The van der Waals surface area contributed by atoms with E-state index >= 15 is 0 Å². The van der Waals surface area contributed by atoms with Gasteiger partial charge in [-0.25, -0.2) is 0 Å². The van der Waals surface area contributed by atoms with Gasteiger partial charge >= 0.3 is 5.97 Å². The molecule has 0 saturated carbocycles. The van der Waals surface area contributed by atoms with Crippen molar-refractivity contribution in [2.75, 3.05) is 18.4 Å². The quantitative estimate of drug-likeness (QED) is 0.425. The summed E-state index contributed by atoms with van der Waals surface area (Å²) in [6.07, 6.45) is 1.88. The molecule has 11 heteroatoms. The minimum absolute atomic E-state index is 0.120. The molecule has 1 unspecified atom stereocenters. The van der Waals surface area contributed by atoms with Crippen molar-refractivity contribution in [3.05, 3.63) is 80.4 Å². The summed E-state index contributed by atoms with van der Waals surface area (Å²) in [4.78, 5) is 51.0. The highest BCUT2D eigenvalue weighted by atomic mass is 35.5. The minimum atomic E-state index is -0.961. The van der Waals surface area contributed by atoms with Crippen molar-refractivity contribution in [1.82, 2.24) is 14.8 Å². The number of thiophene rings is 1. The molecule has 1 saturated heterocycles. The summed E-state index contributed by atoms with van der Waals surface area (Å²) in [5.41, 5.74) is 1.04. The lowest BCUT2D eigenvalue weighted by Gasteiger charge is -2.22. The number of carbonyl (C=O) groups excluding carboxylic acids is 2. The Morgan fingerprint density at radius 1 is 1.09 bits per heavy atom. The van der Waals surface area contributed by atoms with E-state index in [1.165, 1.54) is 10.6 Å². The molecule has 3 N–H and O–H groups in total. The SMILES string of the molecule is O=C(O)CCN1C[C@@H](NC(=O)c2ccc(Cl)s2)CC1C(=O)Nc1ccc(-n2ccccc2=O)cc1. The van der Waals surface area contributed by atoms with Crippen LogP contribution in [-0.4, -0.2) is 57.5 Å². The highest BCUT2D eigenvalue weighted by Gasteiger charge is 2.37. The number of nitrogens with one attached hydrogen (secondary N) is 2. The molecule has 1 aromatic carbocycles.